The zero-order chi connectivity index (χ0) is 49.1. The van der Waals surface area contributed by atoms with Crippen molar-refractivity contribution in [3.8, 4) is 44.8 Å². The van der Waals surface area contributed by atoms with Crippen LogP contribution < -0.4 is 10.7 Å². The molecule has 2 aromatic heterocycles. The van der Waals surface area contributed by atoms with Gasteiger partial charge in [0.25, 0.3) is 0 Å². The Kier molecular flexibility index (Phi) is 10.8. The van der Waals surface area contributed by atoms with Crippen molar-refractivity contribution in [2.75, 3.05) is 0 Å². The van der Waals surface area contributed by atoms with Crippen molar-refractivity contribution in [2.24, 2.45) is 4.99 Å². The van der Waals surface area contributed by atoms with Gasteiger partial charge in [0.2, 0.25) is 0 Å². The van der Waals surface area contributed by atoms with Crippen molar-refractivity contribution in [2.45, 2.75) is 26.2 Å². The van der Waals surface area contributed by atoms with Gasteiger partial charge in [-0.2, -0.15) is 0 Å². The third kappa shape index (κ3) is 6.60. The van der Waals surface area contributed by atoms with E-state index in [1.165, 1.54) is 38.9 Å². The van der Waals surface area contributed by atoms with Crippen molar-refractivity contribution in [1.82, 2.24) is 9.55 Å². The van der Waals surface area contributed by atoms with E-state index in [9.17, 15) is 0 Å². The number of allylic oxidation sites excluding steroid dienone is 12. The van der Waals surface area contributed by atoms with E-state index < -0.39 is 5.41 Å². The fraction of sp³-hybridized carbons (Fsp3) is 0.0588. The van der Waals surface area contributed by atoms with E-state index in [0.29, 0.717) is 5.70 Å². The Labute approximate surface area is 420 Å². The minimum atomic E-state index is -0.593. The highest BCUT2D eigenvalue weighted by Crippen LogP contribution is 2.64. The Morgan fingerprint density at radius 1 is 0.653 bits per heavy atom. The van der Waals surface area contributed by atoms with Crippen molar-refractivity contribution >= 4 is 56.8 Å². The van der Waals surface area contributed by atoms with Gasteiger partial charge in [0.15, 0.2) is 0 Å². The summed E-state index contributed by atoms with van der Waals surface area (Å²) in [4.78, 5) is 10.7. The van der Waals surface area contributed by atoms with Crippen LogP contribution in [0.3, 0.4) is 0 Å². The van der Waals surface area contributed by atoms with Gasteiger partial charge in [-0.1, -0.05) is 196 Å². The molecule has 344 valence electrons. The molecule has 1 spiro atoms. The molecular weight excluding hydrogens is 875 g/mol. The lowest BCUT2D eigenvalue weighted by Gasteiger charge is -2.30. The molecule has 3 aliphatic carbocycles. The molecule has 3 aliphatic rings. The van der Waals surface area contributed by atoms with Gasteiger partial charge < -0.3 is 4.42 Å². The molecule has 72 heavy (non-hydrogen) atoms. The average molecular weight is 926 g/mol. The van der Waals surface area contributed by atoms with E-state index in [1.54, 1.807) is 6.08 Å². The minimum absolute atomic E-state index is 0.593. The van der Waals surface area contributed by atoms with Gasteiger partial charge in [-0.15, -0.1) is 0 Å². The Balaban J connectivity index is 1.02. The smallest absolute Gasteiger partial charge is 0.145 e. The standard InChI is InChI=1S/C68H51N3O/c1-7-23-47(24-8-2)71-61(10-4)60(25-9-3)70-67(71)46-27-19-26-45(42-46)51-34-21-38-58-65(51)53-30-12-16-36-56(53)68(58)55-35-15-11-29-52(55)64-50(33-20-37-57(64)68)44(6)69-59-39-17-13-28-48(59)43(5)49-32-22-41-63-66(49)54-31-14-18-40-62(54)72-63/h7-42H,1,3,6H2,2,4-5H3/b24-8-,47-23+,48-43+,60-25+,61-10+,69-59?. The normalized spacial score (nSPS) is 17.3. The summed E-state index contributed by atoms with van der Waals surface area (Å²) >= 11 is 0. The fourth-order valence-corrected chi connectivity index (χ4v) is 11.8. The van der Waals surface area contributed by atoms with Crippen LogP contribution in [0, 0.1) is 0 Å². The third-order valence-corrected chi connectivity index (χ3v) is 14.6. The van der Waals surface area contributed by atoms with E-state index in [0.717, 1.165) is 94.4 Å². The Bertz CT molecular complexity index is 4130. The lowest BCUT2D eigenvalue weighted by molar-refractivity contribution is 0.669. The summed E-state index contributed by atoms with van der Waals surface area (Å²) in [6, 6.07) is 54.9. The average Bonchev–Trinajstić information content (AvgIpc) is 4.16. The number of aromatic nitrogens is 2. The number of hydrogen-bond acceptors (Lipinski definition) is 3. The van der Waals surface area contributed by atoms with Crippen molar-refractivity contribution in [1.29, 1.82) is 0 Å². The topological polar surface area (TPSA) is 43.3 Å². The number of aliphatic imine (C=N–C) groups is 1. The number of imidazole rings is 1. The van der Waals surface area contributed by atoms with Crippen LogP contribution in [-0.2, 0) is 5.41 Å². The quantitative estimate of drug-likeness (QED) is 0.135. The summed E-state index contributed by atoms with van der Waals surface area (Å²) in [5, 5.41) is 4.05. The lowest BCUT2D eigenvalue weighted by atomic mass is 9.70. The van der Waals surface area contributed by atoms with Crippen LogP contribution >= 0.6 is 0 Å². The summed E-state index contributed by atoms with van der Waals surface area (Å²) in [5.41, 5.74) is 21.1. The summed E-state index contributed by atoms with van der Waals surface area (Å²) in [7, 11) is 0. The molecular formula is C68H51N3O. The van der Waals surface area contributed by atoms with Crippen LogP contribution in [0.25, 0.3) is 95.8 Å². The number of rotatable bonds is 9. The molecule has 12 rings (SSSR count). The highest BCUT2D eigenvalue weighted by molar-refractivity contribution is 6.20. The highest BCUT2D eigenvalue weighted by Gasteiger charge is 2.52. The van der Waals surface area contributed by atoms with Gasteiger partial charge in [0.05, 0.1) is 27.5 Å². The van der Waals surface area contributed by atoms with Crippen LogP contribution in [0.15, 0.2) is 241 Å². The number of benzene rings is 7. The van der Waals surface area contributed by atoms with Gasteiger partial charge in [-0.3, -0.25) is 4.57 Å². The predicted octanol–water partition coefficient (Wildman–Crippen LogP) is 15.8. The minimum Gasteiger partial charge on any atom is -0.456 e. The molecule has 0 amide bonds. The molecule has 0 N–H and O–H groups in total. The number of fused-ring (bicyclic) bond motifs is 13. The molecule has 0 bridgehead atoms. The Morgan fingerprint density at radius 3 is 2.07 bits per heavy atom. The van der Waals surface area contributed by atoms with Crippen LogP contribution in [0.4, 0.5) is 0 Å². The molecule has 1 atom stereocenters. The van der Waals surface area contributed by atoms with Crippen LogP contribution in [0.5, 0.6) is 0 Å². The van der Waals surface area contributed by atoms with E-state index in [1.807, 2.05) is 49.4 Å². The molecule has 0 saturated heterocycles. The van der Waals surface area contributed by atoms with E-state index >= 15 is 0 Å². The molecule has 2 heterocycles. The van der Waals surface area contributed by atoms with Crippen LogP contribution in [0.1, 0.15) is 54.2 Å². The van der Waals surface area contributed by atoms with Crippen molar-refractivity contribution in [3.63, 3.8) is 0 Å². The molecule has 0 saturated carbocycles. The third-order valence-electron chi connectivity index (χ3n) is 14.6. The van der Waals surface area contributed by atoms with Gasteiger partial charge in [0, 0.05) is 33.2 Å². The molecule has 7 aromatic carbocycles. The summed E-state index contributed by atoms with van der Waals surface area (Å²) in [5.74, 6) is 0.838. The second kappa shape index (κ2) is 17.7. The van der Waals surface area contributed by atoms with Crippen molar-refractivity contribution in [3.05, 3.63) is 276 Å². The monoisotopic (exact) mass is 925 g/mol. The number of para-hydroxylation sites is 1. The maximum atomic E-state index is 6.31. The van der Waals surface area contributed by atoms with Crippen LogP contribution in [0.2, 0.25) is 0 Å². The van der Waals surface area contributed by atoms with E-state index in [-0.39, 0.29) is 0 Å². The predicted molar refractivity (Wildman–Crippen MR) is 304 cm³/mol. The maximum Gasteiger partial charge on any atom is 0.145 e. The Morgan fingerprint density at radius 2 is 1.29 bits per heavy atom. The fourth-order valence-electron chi connectivity index (χ4n) is 11.8. The number of furan rings is 1. The highest BCUT2D eigenvalue weighted by atomic mass is 16.3. The molecule has 4 nitrogen and oxygen atoms in total. The van der Waals surface area contributed by atoms with Gasteiger partial charge in [-0.05, 0) is 130 Å². The number of hydrogen-bond donors (Lipinski definition) is 0. The molecule has 0 fully saturated rings. The zero-order valence-electron chi connectivity index (χ0n) is 40.7. The maximum absolute atomic E-state index is 6.31. The summed E-state index contributed by atoms with van der Waals surface area (Å²) in [6.07, 6.45) is 22.3. The van der Waals surface area contributed by atoms with Gasteiger partial charge >= 0.3 is 0 Å². The second-order valence-electron chi connectivity index (χ2n) is 18.4. The second-order valence-corrected chi connectivity index (χ2v) is 18.4. The molecule has 1 unspecified atom stereocenters. The molecule has 0 radical (unpaired) electrons. The molecule has 4 heteroatoms. The van der Waals surface area contributed by atoms with E-state index in [4.69, 9.17) is 21.0 Å². The first-order chi connectivity index (χ1) is 35.4. The first kappa shape index (κ1) is 44.1. The number of nitrogens with zero attached hydrogens (tertiary/aromatic N) is 3. The summed E-state index contributed by atoms with van der Waals surface area (Å²) < 4.78 is 8.52. The SMILES string of the molecule is C=C/C=C(\C=C/C)n1c(-c2cccc(-c3cccc4c3-c3ccccc3C43c4ccccc4-c4c(C(=C)N=C5C=CC=C/C5=C(/C)c5cccc6oc7ccccc7c56)cccc43)c2)nc(=C/C=C)/c1=C\C. The van der Waals surface area contributed by atoms with Crippen LogP contribution in [-0.4, -0.2) is 15.3 Å². The van der Waals surface area contributed by atoms with E-state index in [2.05, 4.69) is 201 Å². The lowest BCUT2D eigenvalue weighted by Crippen LogP contribution is -2.29. The first-order valence-corrected chi connectivity index (χ1v) is 24.6. The first-order valence-electron chi connectivity index (χ1n) is 24.6. The largest absolute Gasteiger partial charge is 0.456 e. The molecule has 9 aromatic rings. The Hall–Kier alpha value is -9.12. The van der Waals surface area contributed by atoms with Gasteiger partial charge in [-0.25, -0.2) is 9.98 Å². The summed E-state index contributed by atoms with van der Waals surface area (Å²) in [6.45, 7) is 19.1. The molecule has 0 aliphatic heterocycles. The van der Waals surface area contributed by atoms with Gasteiger partial charge in [0.1, 0.15) is 17.0 Å². The van der Waals surface area contributed by atoms with Crippen molar-refractivity contribution < 1.29 is 4.42 Å². The zero-order valence-corrected chi connectivity index (χ0v) is 40.7.